The molecule has 2 nitrogen and oxygen atoms in total. The van der Waals surface area contributed by atoms with Gasteiger partial charge >= 0.3 is 0 Å². The van der Waals surface area contributed by atoms with Crippen LogP contribution in [0, 0.1) is 5.41 Å². The molecule has 1 aliphatic rings. The first-order valence-electron chi connectivity index (χ1n) is 4.65. The van der Waals surface area contributed by atoms with Crippen molar-refractivity contribution in [3.8, 4) is 0 Å². The number of hydrogen-bond acceptors (Lipinski definition) is 2. The minimum atomic E-state index is -0.156. The Morgan fingerprint density at radius 3 is 2.33 bits per heavy atom. The number of carbonyl (C=O) groups is 1. The van der Waals surface area contributed by atoms with Crippen molar-refractivity contribution >= 4 is 5.78 Å². The third kappa shape index (κ3) is 2.07. The average molecular weight is 169 g/mol. The number of rotatable bonds is 2. The second-order valence-electron chi connectivity index (χ2n) is 4.80. The second kappa shape index (κ2) is 3.17. The van der Waals surface area contributed by atoms with Gasteiger partial charge in [0.1, 0.15) is 5.78 Å². The van der Waals surface area contributed by atoms with Crippen LogP contribution in [0.2, 0.25) is 0 Å². The number of ketones is 1. The summed E-state index contributed by atoms with van der Waals surface area (Å²) < 4.78 is 0. The number of hydrogen-bond donors (Lipinski definition) is 0. The van der Waals surface area contributed by atoms with E-state index in [-0.39, 0.29) is 5.41 Å². The maximum absolute atomic E-state index is 11.6. The van der Waals surface area contributed by atoms with Crippen LogP contribution in [0.3, 0.4) is 0 Å². The van der Waals surface area contributed by atoms with Crippen molar-refractivity contribution < 1.29 is 4.79 Å². The zero-order valence-electron chi connectivity index (χ0n) is 8.55. The molecule has 1 rings (SSSR count). The quantitative estimate of drug-likeness (QED) is 0.627. The highest BCUT2D eigenvalue weighted by molar-refractivity contribution is 5.84. The molecular weight excluding hydrogens is 150 g/mol. The Morgan fingerprint density at radius 1 is 1.50 bits per heavy atom. The molecule has 0 bridgehead atoms. The van der Waals surface area contributed by atoms with E-state index in [1.54, 1.807) is 0 Å². The van der Waals surface area contributed by atoms with E-state index in [0.29, 0.717) is 11.8 Å². The van der Waals surface area contributed by atoms with Crippen LogP contribution in [-0.2, 0) is 4.79 Å². The third-order valence-electron chi connectivity index (χ3n) is 2.70. The summed E-state index contributed by atoms with van der Waals surface area (Å²) in [6, 6.07) is 0.525. The van der Waals surface area contributed by atoms with Crippen molar-refractivity contribution in [3.05, 3.63) is 0 Å². The summed E-state index contributed by atoms with van der Waals surface area (Å²) in [6.07, 6.45) is 1.93. The lowest BCUT2D eigenvalue weighted by Gasteiger charge is -2.38. The van der Waals surface area contributed by atoms with E-state index < -0.39 is 0 Å². The summed E-state index contributed by atoms with van der Waals surface area (Å²) in [5.74, 6) is 0.388. The highest BCUT2D eigenvalue weighted by Crippen LogP contribution is 2.24. The Balaban J connectivity index is 2.36. The van der Waals surface area contributed by atoms with E-state index in [9.17, 15) is 4.79 Å². The van der Waals surface area contributed by atoms with Crippen LogP contribution in [-0.4, -0.2) is 30.3 Å². The molecule has 1 atom stereocenters. The predicted octanol–water partition coefficient (Wildman–Crippen LogP) is 1.70. The van der Waals surface area contributed by atoms with Crippen LogP contribution in [0.1, 0.15) is 33.6 Å². The minimum Gasteiger partial charge on any atom is -0.303 e. The van der Waals surface area contributed by atoms with Gasteiger partial charge in [0.15, 0.2) is 0 Å². The molecular formula is C10H19NO. The van der Waals surface area contributed by atoms with Crippen LogP contribution in [0.4, 0.5) is 0 Å². The van der Waals surface area contributed by atoms with Crippen molar-refractivity contribution in [1.82, 2.24) is 4.90 Å². The van der Waals surface area contributed by atoms with E-state index in [2.05, 4.69) is 11.9 Å². The van der Waals surface area contributed by atoms with Gasteiger partial charge < -0.3 is 4.90 Å². The number of likely N-dealkylation sites (tertiary alicyclic amines) is 1. The van der Waals surface area contributed by atoms with Crippen molar-refractivity contribution in [1.29, 1.82) is 0 Å². The fourth-order valence-electron chi connectivity index (χ4n) is 1.35. The van der Waals surface area contributed by atoms with Crippen molar-refractivity contribution in [2.45, 2.75) is 39.7 Å². The summed E-state index contributed by atoms with van der Waals surface area (Å²) in [5.41, 5.74) is -0.156. The topological polar surface area (TPSA) is 20.3 Å². The first kappa shape index (κ1) is 9.72. The van der Waals surface area contributed by atoms with Crippen LogP contribution in [0.25, 0.3) is 0 Å². The van der Waals surface area contributed by atoms with E-state index in [1.807, 2.05) is 20.8 Å². The smallest absolute Gasteiger partial charge is 0.139 e. The zero-order chi connectivity index (χ0) is 9.35. The molecule has 1 aliphatic heterocycles. The van der Waals surface area contributed by atoms with Gasteiger partial charge in [0.25, 0.3) is 0 Å². The Hall–Kier alpha value is -0.370. The molecule has 0 amide bonds. The van der Waals surface area contributed by atoms with Gasteiger partial charge in [-0.2, -0.15) is 0 Å². The second-order valence-corrected chi connectivity index (χ2v) is 4.80. The zero-order valence-corrected chi connectivity index (χ0v) is 8.55. The van der Waals surface area contributed by atoms with E-state index in [4.69, 9.17) is 0 Å². The molecule has 1 saturated heterocycles. The summed E-state index contributed by atoms with van der Waals surface area (Å²) in [4.78, 5) is 13.8. The van der Waals surface area contributed by atoms with Gasteiger partial charge in [0.05, 0.1) is 0 Å². The van der Waals surface area contributed by atoms with Crippen LogP contribution in [0.5, 0.6) is 0 Å². The molecule has 0 radical (unpaired) electrons. The lowest BCUT2D eigenvalue weighted by molar-refractivity contribution is -0.128. The minimum absolute atomic E-state index is 0.156. The first-order chi connectivity index (χ1) is 5.41. The lowest BCUT2D eigenvalue weighted by Crippen LogP contribution is -2.46. The third-order valence-corrected chi connectivity index (χ3v) is 2.70. The molecule has 1 unspecified atom stereocenters. The summed E-state index contributed by atoms with van der Waals surface area (Å²) >= 11 is 0. The Morgan fingerprint density at radius 2 is 2.08 bits per heavy atom. The number of carbonyl (C=O) groups excluding carboxylic acids is 1. The maximum Gasteiger partial charge on any atom is 0.139 e. The molecule has 0 aromatic carbocycles. The van der Waals surface area contributed by atoms with Gasteiger partial charge in [-0.05, 0) is 20.0 Å². The van der Waals surface area contributed by atoms with Gasteiger partial charge in [-0.3, -0.25) is 4.79 Å². The van der Waals surface area contributed by atoms with Crippen molar-refractivity contribution in [2.75, 3.05) is 13.6 Å². The normalized spacial score (nSPS) is 25.2. The van der Waals surface area contributed by atoms with Gasteiger partial charge in [-0.25, -0.2) is 0 Å². The highest BCUT2D eigenvalue weighted by Gasteiger charge is 2.30. The van der Waals surface area contributed by atoms with Crippen LogP contribution < -0.4 is 0 Å². The summed E-state index contributed by atoms with van der Waals surface area (Å²) in [5, 5.41) is 0. The van der Waals surface area contributed by atoms with Crippen molar-refractivity contribution in [2.24, 2.45) is 5.41 Å². The Bertz CT molecular complexity index is 181. The molecule has 1 heterocycles. The molecule has 0 spiro atoms. The van der Waals surface area contributed by atoms with E-state index in [1.165, 1.54) is 6.42 Å². The van der Waals surface area contributed by atoms with E-state index >= 15 is 0 Å². The predicted molar refractivity (Wildman–Crippen MR) is 50.1 cm³/mol. The lowest BCUT2D eigenvalue weighted by atomic mass is 9.84. The number of Topliss-reactive ketones (excluding diaryl/α,β-unsaturated/α-hetero) is 1. The van der Waals surface area contributed by atoms with Gasteiger partial charge in [0, 0.05) is 17.9 Å². The van der Waals surface area contributed by atoms with E-state index in [0.717, 1.165) is 13.0 Å². The summed E-state index contributed by atoms with van der Waals surface area (Å²) in [7, 11) is 2.09. The molecule has 0 saturated carbocycles. The molecule has 2 heteroatoms. The molecule has 0 aliphatic carbocycles. The standard InChI is InChI=1S/C10H19NO/c1-10(2,3)9(12)7-8-5-6-11(8)4/h8H,5-7H2,1-4H3. The number of nitrogens with zero attached hydrogens (tertiary/aromatic N) is 1. The molecule has 12 heavy (non-hydrogen) atoms. The Labute approximate surface area is 74.9 Å². The Kier molecular flexibility index (Phi) is 2.57. The molecule has 0 aromatic rings. The SMILES string of the molecule is CN1CCC1CC(=O)C(C)(C)C. The van der Waals surface area contributed by atoms with Crippen molar-refractivity contribution in [3.63, 3.8) is 0 Å². The molecule has 0 N–H and O–H groups in total. The van der Waals surface area contributed by atoms with Gasteiger partial charge in [-0.15, -0.1) is 0 Å². The van der Waals surface area contributed by atoms with Gasteiger partial charge in [-0.1, -0.05) is 20.8 Å². The van der Waals surface area contributed by atoms with Gasteiger partial charge in [0.2, 0.25) is 0 Å². The fourth-order valence-corrected chi connectivity index (χ4v) is 1.35. The molecule has 0 aromatic heterocycles. The first-order valence-corrected chi connectivity index (χ1v) is 4.65. The van der Waals surface area contributed by atoms with Crippen LogP contribution in [0.15, 0.2) is 0 Å². The monoisotopic (exact) mass is 169 g/mol. The largest absolute Gasteiger partial charge is 0.303 e. The molecule has 1 fully saturated rings. The molecule has 70 valence electrons. The average Bonchev–Trinajstić information content (AvgIpc) is 1.95. The fraction of sp³-hybridized carbons (Fsp3) is 0.900. The maximum atomic E-state index is 11.6. The summed E-state index contributed by atoms with van der Waals surface area (Å²) in [6.45, 7) is 7.14. The highest BCUT2D eigenvalue weighted by atomic mass is 16.1. The van der Waals surface area contributed by atoms with Crippen LogP contribution >= 0.6 is 0 Å².